The minimum Gasteiger partial charge on any atom is -0.396 e. The summed E-state index contributed by atoms with van der Waals surface area (Å²) in [7, 11) is -3.14. The van der Waals surface area contributed by atoms with E-state index in [9.17, 15) is 8.42 Å². The van der Waals surface area contributed by atoms with E-state index in [1.807, 2.05) is 0 Å². The molecule has 0 saturated heterocycles. The summed E-state index contributed by atoms with van der Waals surface area (Å²) in [5.74, 6) is -0.121. The number of hydrogen-bond acceptors (Lipinski definition) is 4. The van der Waals surface area contributed by atoms with Crippen molar-refractivity contribution in [3.8, 4) is 0 Å². The fraction of sp³-hybridized carbons (Fsp3) is 1.00. The highest BCUT2D eigenvalue weighted by Crippen LogP contribution is 2.18. The van der Waals surface area contributed by atoms with Crippen molar-refractivity contribution >= 4 is 21.4 Å². The van der Waals surface area contributed by atoms with Gasteiger partial charge in [-0.25, -0.2) is 8.42 Å². The maximum absolute atomic E-state index is 10.9. The van der Waals surface area contributed by atoms with Gasteiger partial charge in [-0.3, -0.25) is 0 Å². The number of aliphatic hydroxyl groups is 1. The second-order valence-corrected chi connectivity index (χ2v) is 5.47. The topological polar surface area (TPSA) is 80.4 Å². The van der Waals surface area contributed by atoms with E-state index in [-0.39, 0.29) is 24.8 Å². The molecule has 0 aliphatic heterocycles. The number of alkyl halides is 1. The molecule has 6 heteroatoms. The molecule has 0 saturated carbocycles. The van der Waals surface area contributed by atoms with Crippen LogP contribution in [-0.2, 0) is 9.84 Å². The van der Waals surface area contributed by atoms with Crippen molar-refractivity contribution < 1.29 is 13.5 Å². The summed E-state index contributed by atoms with van der Waals surface area (Å²) >= 11 is 5.53. The molecule has 0 amide bonds. The third kappa shape index (κ3) is 3.71. The van der Waals surface area contributed by atoms with Crippen molar-refractivity contribution in [2.75, 3.05) is 31.0 Å². The van der Waals surface area contributed by atoms with E-state index in [0.29, 0.717) is 0 Å². The van der Waals surface area contributed by atoms with Crippen LogP contribution in [0.2, 0.25) is 0 Å². The van der Waals surface area contributed by atoms with Crippen molar-refractivity contribution in [3.05, 3.63) is 0 Å². The molecule has 3 N–H and O–H groups in total. The zero-order valence-electron chi connectivity index (χ0n) is 6.96. The standard InChI is InChI=1S/C6H14ClNO3S/c1-12(10,11)5-6(2-7,3-8)4-9/h9H,2-5,8H2,1H3/t6-/m1/s1. The Morgan fingerprint density at radius 2 is 2.08 bits per heavy atom. The summed E-state index contributed by atoms with van der Waals surface area (Å²) in [6.45, 7) is -0.236. The van der Waals surface area contributed by atoms with Crippen LogP contribution in [-0.4, -0.2) is 44.6 Å². The van der Waals surface area contributed by atoms with Crippen LogP contribution in [0, 0.1) is 5.41 Å². The minimum absolute atomic E-state index is 0.0487. The highest BCUT2D eigenvalue weighted by molar-refractivity contribution is 7.90. The van der Waals surface area contributed by atoms with Gasteiger partial charge in [-0.2, -0.15) is 0 Å². The number of aliphatic hydroxyl groups excluding tert-OH is 1. The van der Waals surface area contributed by atoms with Gasteiger partial charge in [-0.05, 0) is 0 Å². The second kappa shape index (κ2) is 4.41. The van der Waals surface area contributed by atoms with Crippen LogP contribution >= 0.6 is 11.6 Å². The molecular weight excluding hydrogens is 202 g/mol. The van der Waals surface area contributed by atoms with Gasteiger partial charge in [0.1, 0.15) is 9.84 Å². The van der Waals surface area contributed by atoms with Crippen molar-refractivity contribution in [1.29, 1.82) is 0 Å². The molecule has 0 aromatic carbocycles. The van der Waals surface area contributed by atoms with Gasteiger partial charge in [0.05, 0.1) is 12.4 Å². The predicted molar refractivity (Wildman–Crippen MR) is 49.0 cm³/mol. The number of nitrogens with two attached hydrogens (primary N) is 1. The lowest BCUT2D eigenvalue weighted by atomic mass is 9.95. The second-order valence-electron chi connectivity index (χ2n) is 3.07. The molecule has 0 heterocycles. The molecule has 0 aliphatic rings. The number of hydrogen-bond donors (Lipinski definition) is 2. The molecule has 0 rings (SSSR count). The Balaban J connectivity index is 4.52. The average molecular weight is 216 g/mol. The Kier molecular flexibility index (Phi) is 4.47. The van der Waals surface area contributed by atoms with Crippen molar-refractivity contribution in [2.24, 2.45) is 11.1 Å². The Morgan fingerprint density at radius 1 is 1.58 bits per heavy atom. The van der Waals surface area contributed by atoms with Crippen LogP contribution in [0.15, 0.2) is 0 Å². The van der Waals surface area contributed by atoms with Crippen molar-refractivity contribution in [1.82, 2.24) is 0 Å². The molecule has 74 valence electrons. The van der Waals surface area contributed by atoms with Crippen LogP contribution in [0.4, 0.5) is 0 Å². The molecule has 0 spiro atoms. The molecule has 0 radical (unpaired) electrons. The fourth-order valence-corrected chi connectivity index (χ4v) is 2.68. The van der Waals surface area contributed by atoms with Crippen LogP contribution in [0.3, 0.4) is 0 Å². The first kappa shape index (κ1) is 12.2. The van der Waals surface area contributed by atoms with Gasteiger partial charge < -0.3 is 10.8 Å². The molecule has 1 atom stereocenters. The Morgan fingerprint density at radius 3 is 2.17 bits per heavy atom. The SMILES string of the molecule is CS(=O)(=O)C[C@](CN)(CO)CCl. The smallest absolute Gasteiger partial charge is 0.148 e. The first-order valence-electron chi connectivity index (χ1n) is 3.44. The van der Waals surface area contributed by atoms with E-state index >= 15 is 0 Å². The van der Waals surface area contributed by atoms with E-state index in [2.05, 4.69) is 0 Å². The van der Waals surface area contributed by atoms with Gasteiger partial charge >= 0.3 is 0 Å². The molecule has 4 nitrogen and oxygen atoms in total. The Bertz CT molecular complexity index is 215. The molecule has 0 unspecified atom stereocenters. The lowest BCUT2D eigenvalue weighted by Gasteiger charge is -2.26. The maximum Gasteiger partial charge on any atom is 0.148 e. The molecule has 0 fully saturated rings. The largest absolute Gasteiger partial charge is 0.396 e. The zero-order valence-corrected chi connectivity index (χ0v) is 8.53. The lowest BCUT2D eigenvalue weighted by molar-refractivity contribution is 0.172. The molecular formula is C6H14ClNO3S. The Hall–Kier alpha value is 0.160. The summed E-state index contributed by atoms with van der Waals surface area (Å²) in [4.78, 5) is 0. The lowest BCUT2D eigenvalue weighted by Crippen LogP contribution is -2.42. The first-order chi connectivity index (χ1) is 5.39. The van der Waals surface area contributed by atoms with E-state index < -0.39 is 15.3 Å². The third-order valence-corrected chi connectivity index (χ3v) is 3.32. The van der Waals surface area contributed by atoms with Gasteiger partial charge in [0.15, 0.2) is 0 Å². The summed E-state index contributed by atoms with van der Waals surface area (Å²) < 4.78 is 21.8. The molecule has 0 aromatic heterocycles. The average Bonchev–Trinajstić information content (AvgIpc) is 1.99. The highest BCUT2D eigenvalue weighted by Gasteiger charge is 2.31. The summed E-state index contributed by atoms with van der Waals surface area (Å²) in [6, 6.07) is 0. The van der Waals surface area contributed by atoms with Crippen LogP contribution in [0.25, 0.3) is 0 Å². The van der Waals surface area contributed by atoms with E-state index in [1.165, 1.54) is 0 Å². The van der Waals surface area contributed by atoms with E-state index in [4.69, 9.17) is 22.4 Å². The van der Waals surface area contributed by atoms with Crippen molar-refractivity contribution in [3.63, 3.8) is 0 Å². The quantitative estimate of drug-likeness (QED) is 0.589. The highest BCUT2D eigenvalue weighted by atomic mass is 35.5. The Labute approximate surface area is 77.6 Å². The zero-order chi connectivity index (χ0) is 9.83. The van der Waals surface area contributed by atoms with Crippen LogP contribution in [0.5, 0.6) is 0 Å². The van der Waals surface area contributed by atoms with Crippen LogP contribution in [0.1, 0.15) is 0 Å². The maximum atomic E-state index is 10.9. The van der Waals surface area contributed by atoms with Crippen molar-refractivity contribution in [2.45, 2.75) is 0 Å². The minimum atomic E-state index is -3.14. The summed E-state index contributed by atoms with van der Waals surface area (Å²) in [6.07, 6.45) is 1.10. The number of rotatable bonds is 5. The van der Waals surface area contributed by atoms with Crippen LogP contribution < -0.4 is 5.73 Å². The first-order valence-corrected chi connectivity index (χ1v) is 6.03. The van der Waals surface area contributed by atoms with Gasteiger partial charge in [0.2, 0.25) is 0 Å². The van der Waals surface area contributed by atoms with Gasteiger partial charge in [-0.15, -0.1) is 11.6 Å². The summed E-state index contributed by atoms with van der Waals surface area (Å²) in [5.41, 5.74) is 4.45. The molecule has 0 aliphatic carbocycles. The van der Waals surface area contributed by atoms with E-state index in [0.717, 1.165) is 6.26 Å². The normalized spacial score (nSPS) is 17.3. The monoisotopic (exact) mass is 215 g/mol. The third-order valence-electron chi connectivity index (χ3n) is 1.62. The molecule has 0 bridgehead atoms. The summed E-state index contributed by atoms with van der Waals surface area (Å²) in [5, 5.41) is 8.91. The number of sulfone groups is 1. The van der Waals surface area contributed by atoms with Gasteiger partial charge in [0, 0.05) is 24.1 Å². The predicted octanol–water partition coefficient (Wildman–Crippen LogP) is -0.793. The fourth-order valence-electron chi connectivity index (χ4n) is 0.861. The van der Waals surface area contributed by atoms with Gasteiger partial charge in [-0.1, -0.05) is 0 Å². The van der Waals surface area contributed by atoms with Gasteiger partial charge in [0.25, 0.3) is 0 Å². The number of halogens is 1. The molecule has 12 heavy (non-hydrogen) atoms. The molecule has 0 aromatic rings. The van der Waals surface area contributed by atoms with E-state index in [1.54, 1.807) is 0 Å².